The number of esters is 1. The fraction of sp³-hybridized carbons (Fsp3) is 0.556. The summed E-state index contributed by atoms with van der Waals surface area (Å²) < 4.78 is 9.79. The van der Waals surface area contributed by atoms with E-state index in [0.29, 0.717) is 11.3 Å². The molecule has 0 heterocycles. The zero-order valence-electron chi connectivity index (χ0n) is 15.9. The van der Waals surface area contributed by atoms with Crippen LogP contribution in [0.15, 0.2) is 18.2 Å². The lowest BCUT2D eigenvalue weighted by atomic mass is 10.1. The molecular weight excluding hydrogens is 294 g/mol. The van der Waals surface area contributed by atoms with Gasteiger partial charge in [-0.3, -0.25) is 5.32 Å². The lowest BCUT2D eigenvalue weighted by Gasteiger charge is -2.19. The first-order valence-electron chi connectivity index (χ1n) is 7.92. The number of nitrogens with one attached hydrogen (secondary N) is 1. The fourth-order valence-electron chi connectivity index (χ4n) is 1.50. The molecule has 0 aromatic heterocycles. The van der Waals surface area contributed by atoms with Gasteiger partial charge in [-0.25, -0.2) is 9.59 Å². The molecule has 0 aliphatic heterocycles. The van der Waals surface area contributed by atoms with Crippen LogP contribution in [0.5, 0.6) is 0 Å². The first-order valence-corrected chi connectivity index (χ1v) is 7.92. The van der Waals surface area contributed by atoms with Crippen LogP contribution in [0.3, 0.4) is 0 Å². The third kappa shape index (κ3) is 9.55. The lowest BCUT2D eigenvalue weighted by Crippen LogP contribution is -2.27. The van der Waals surface area contributed by atoms with Crippen LogP contribution in [0.25, 0.3) is 0 Å². The van der Waals surface area contributed by atoms with Crippen LogP contribution in [0.4, 0.5) is 10.5 Å². The molecule has 132 valence electrons. The minimum Gasteiger partial charge on any atom is -0.465 e. The summed E-state index contributed by atoms with van der Waals surface area (Å²) in [4.78, 5) is 23.0. The molecule has 0 aliphatic rings. The second kappa shape index (κ2) is 11.5. The molecule has 1 aromatic rings. The molecule has 0 unspecified atom stereocenters. The van der Waals surface area contributed by atoms with Crippen LogP contribution in [-0.2, 0) is 9.47 Å². The van der Waals surface area contributed by atoms with Gasteiger partial charge in [0.15, 0.2) is 0 Å². The Labute approximate surface area is 140 Å². The molecule has 1 amide bonds. The molecule has 0 fully saturated rings. The molecule has 5 nitrogen and oxygen atoms in total. The maximum atomic E-state index is 11.6. The molecule has 1 rings (SSSR count). The van der Waals surface area contributed by atoms with E-state index in [2.05, 4.69) is 10.1 Å². The van der Waals surface area contributed by atoms with Crippen LogP contribution in [0.1, 0.15) is 64.4 Å². The van der Waals surface area contributed by atoms with Crippen LogP contribution in [0, 0.1) is 6.92 Å². The Morgan fingerprint density at radius 2 is 1.57 bits per heavy atom. The van der Waals surface area contributed by atoms with Gasteiger partial charge < -0.3 is 9.47 Å². The van der Waals surface area contributed by atoms with Crippen LogP contribution >= 0.6 is 0 Å². The van der Waals surface area contributed by atoms with E-state index in [1.807, 2.05) is 27.7 Å². The maximum Gasteiger partial charge on any atom is 0.412 e. The van der Waals surface area contributed by atoms with E-state index in [-0.39, 0.29) is 0 Å². The smallest absolute Gasteiger partial charge is 0.412 e. The molecule has 0 saturated carbocycles. The van der Waals surface area contributed by atoms with Gasteiger partial charge in [0.1, 0.15) is 5.60 Å². The van der Waals surface area contributed by atoms with E-state index < -0.39 is 17.7 Å². The van der Waals surface area contributed by atoms with Crippen molar-refractivity contribution in [3.05, 3.63) is 29.3 Å². The summed E-state index contributed by atoms with van der Waals surface area (Å²) in [5.74, 6) is -0.402. The van der Waals surface area contributed by atoms with Gasteiger partial charge in [0.05, 0.1) is 12.7 Å². The highest BCUT2D eigenvalue weighted by Gasteiger charge is 2.17. The number of ether oxygens (including phenoxy) is 2. The number of hydrogen-bond donors (Lipinski definition) is 1. The highest BCUT2D eigenvalue weighted by molar-refractivity contribution is 5.92. The number of carbonyl (C=O) groups is 2. The maximum absolute atomic E-state index is 11.6. The van der Waals surface area contributed by atoms with Crippen molar-refractivity contribution >= 4 is 17.7 Å². The van der Waals surface area contributed by atoms with Crippen molar-refractivity contribution in [1.29, 1.82) is 0 Å². The van der Waals surface area contributed by atoms with Gasteiger partial charge in [0.2, 0.25) is 0 Å². The van der Waals surface area contributed by atoms with E-state index in [9.17, 15) is 9.59 Å². The SMILES string of the molecule is CC.CC.COC(=O)c1ccc(NC(=O)OC(C)(C)C)cc1C. The normalized spacial score (nSPS) is 9.43. The molecule has 0 aliphatic carbocycles. The largest absolute Gasteiger partial charge is 0.465 e. The summed E-state index contributed by atoms with van der Waals surface area (Å²) in [5, 5.41) is 2.61. The Bertz CT molecular complexity index is 490. The van der Waals surface area contributed by atoms with Gasteiger partial charge in [-0.2, -0.15) is 0 Å². The van der Waals surface area contributed by atoms with Crippen molar-refractivity contribution in [3.63, 3.8) is 0 Å². The average molecular weight is 325 g/mol. The van der Waals surface area contributed by atoms with E-state index in [0.717, 1.165) is 5.56 Å². The quantitative estimate of drug-likeness (QED) is 0.761. The first-order chi connectivity index (χ1) is 10.7. The van der Waals surface area contributed by atoms with Crippen molar-refractivity contribution in [2.45, 2.75) is 61.0 Å². The third-order valence-electron chi connectivity index (χ3n) is 2.28. The Hall–Kier alpha value is -2.04. The predicted molar refractivity (Wildman–Crippen MR) is 95.1 cm³/mol. The molecule has 5 heteroatoms. The fourth-order valence-corrected chi connectivity index (χ4v) is 1.50. The van der Waals surface area contributed by atoms with Crippen molar-refractivity contribution in [1.82, 2.24) is 0 Å². The van der Waals surface area contributed by atoms with Gasteiger partial charge in [-0.1, -0.05) is 27.7 Å². The van der Waals surface area contributed by atoms with Crippen molar-refractivity contribution < 1.29 is 19.1 Å². The standard InChI is InChI=1S/C14H19NO4.2C2H6/c1-9-8-10(6-7-11(9)12(16)18-5)15-13(17)19-14(2,3)4;2*1-2/h6-8H,1-5H3,(H,15,17);2*1-2H3. The molecule has 0 atom stereocenters. The summed E-state index contributed by atoms with van der Waals surface area (Å²) >= 11 is 0. The predicted octanol–water partition coefficient (Wildman–Crippen LogP) is 5.18. The minimum absolute atomic E-state index is 0.402. The van der Waals surface area contributed by atoms with Crippen LogP contribution in [-0.4, -0.2) is 24.8 Å². The number of anilines is 1. The highest BCUT2D eigenvalue weighted by atomic mass is 16.6. The monoisotopic (exact) mass is 325 g/mol. The molecule has 23 heavy (non-hydrogen) atoms. The van der Waals surface area contributed by atoms with E-state index >= 15 is 0 Å². The Morgan fingerprint density at radius 1 is 1.04 bits per heavy atom. The Kier molecular flexibility index (Phi) is 11.6. The number of methoxy groups -OCH3 is 1. The van der Waals surface area contributed by atoms with Gasteiger partial charge in [-0.05, 0) is 51.5 Å². The molecule has 0 bridgehead atoms. The summed E-state index contributed by atoms with van der Waals surface area (Å²) in [5.41, 5.74) is 1.21. The average Bonchev–Trinajstić information content (AvgIpc) is 2.48. The van der Waals surface area contributed by atoms with Crippen molar-refractivity contribution in [2.75, 3.05) is 12.4 Å². The summed E-state index contributed by atoms with van der Waals surface area (Å²) in [7, 11) is 1.33. The molecular formula is C18H31NO4. The zero-order chi connectivity index (χ0) is 18.6. The summed E-state index contributed by atoms with van der Waals surface area (Å²) in [6.45, 7) is 15.1. The lowest BCUT2D eigenvalue weighted by molar-refractivity contribution is 0.0598. The third-order valence-corrected chi connectivity index (χ3v) is 2.28. The molecule has 0 spiro atoms. The summed E-state index contributed by atoms with van der Waals surface area (Å²) in [6, 6.07) is 4.92. The van der Waals surface area contributed by atoms with Gasteiger partial charge >= 0.3 is 12.1 Å². The Balaban J connectivity index is 0. The molecule has 0 saturated heterocycles. The first kappa shape index (κ1) is 23.2. The van der Waals surface area contributed by atoms with Crippen LogP contribution < -0.4 is 5.32 Å². The summed E-state index contributed by atoms with van der Waals surface area (Å²) in [6.07, 6.45) is -0.530. The number of rotatable bonds is 2. The van der Waals surface area contributed by atoms with Gasteiger partial charge in [0.25, 0.3) is 0 Å². The van der Waals surface area contributed by atoms with Gasteiger partial charge in [-0.15, -0.1) is 0 Å². The van der Waals surface area contributed by atoms with Crippen molar-refractivity contribution in [2.24, 2.45) is 0 Å². The number of carbonyl (C=O) groups excluding carboxylic acids is 2. The van der Waals surface area contributed by atoms with E-state index in [4.69, 9.17) is 4.74 Å². The molecule has 1 N–H and O–H groups in total. The number of amides is 1. The van der Waals surface area contributed by atoms with Crippen molar-refractivity contribution in [3.8, 4) is 0 Å². The number of aryl methyl sites for hydroxylation is 1. The minimum atomic E-state index is -0.551. The van der Waals surface area contributed by atoms with Crippen LogP contribution in [0.2, 0.25) is 0 Å². The van der Waals surface area contributed by atoms with E-state index in [1.54, 1.807) is 45.9 Å². The second-order valence-electron chi connectivity index (χ2n) is 5.15. The second-order valence-corrected chi connectivity index (χ2v) is 5.15. The molecule has 0 radical (unpaired) electrons. The van der Waals surface area contributed by atoms with Gasteiger partial charge in [0, 0.05) is 5.69 Å². The van der Waals surface area contributed by atoms with E-state index in [1.165, 1.54) is 7.11 Å². The number of hydrogen-bond acceptors (Lipinski definition) is 4. The number of benzene rings is 1. The molecule has 1 aromatic carbocycles. The highest BCUT2D eigenvalue weighted by Crippen LogP contribution is 2.17. The topological polar surface area (TPSA) is 64.6 Å². The Morgan fingerprint density at radius 3 is 1.96 bits per heavy atom. The zero-order valence-corrected chi connectivity index (χ0v) is 15.9.